The Morgan fingerprint density at radius 1 is 1.44 bits per heavy atom. The second-order valence-corrected chi connectivity index (χ2v) is 4.83. The Morgan fingerprint density at radius 3 is 2.78 bits per heavy atom. The van der Waals surface area contributed by atoms with Gasteiger partial charge in [-0.1, -0.05) is 11.6 Å². The van der Waals surface area contributed by atoms with Gasteiger partial charge in [-0.25, -0.2) is 0 Å². The van der Waals surface area contributed by atoms with Gasteiger partial charge in [0.15, 0.2) is 0 Å². The number of ketones is 1. The molecule has 1 aromatic carbocycles. The number of halogens is 1. The van der Waals surface area contributed by atoms with Gasteiger partial charge in [0.25, 0.3) is 0 Å². The van der Waals surface area contributed by atoms with E-state index in [-0.39, 0.29) is 5.78 Å². The molecule has 3 nitrogen and oxygen atoms in total. The zero-order valence-electron chi connectivity index (χ0n) is 11.2. The predicted molar refractivity (Wildman–Crippen MR) is 74.4 cm³/mol. The molecule has 0 radical (unpaired) electrons. The number of Topliss-reactive ketones (excluding diaryl/α,β-unsaturated/α-hetero) is 1. The van der Waals surface area contributed by atoms with Crippen LogP contribution in [0.4, 0.5) is 0 Å². The minimum atomic E-state index is 0.230. The minimum absolute atomic E-state index is 0.230. The van der Waals surface area contributed by atoms with Gasteiger partial charge < -0.3 is 14.8 Å². The maximum absolute atomic E-state index is 10.8. The summed E-state index contributed by atoms with van der Waals surface area (Å²) in [5, 5.41) is 4.01. The van der Waals surface area contributed by atoms with Gasteiger partial charge in [-0.3, -0.25) is 0 Å². The van der Waals surface area contributed by atoms with Crippen molar-refractivity contribution in [1.82, 2.24) is 5.32 Å². The third-order valence-corrected chi connectivity index (χ3v) is 2.94. The lowest BCUT2D eigenvalue weighted by Gasteiger charge is -2.12. The number of rotatable bonds is 7. The van der Waals surface area contributed by atoms with E-state index in [4.69, 9.17) is 16.3 Å². The molecule has 0 heterocycles. The molecule has 0 bridgehead atoms. The molecule has 1 N–H and O–H groups in total. The number of carbonyl (C=O) groups excluding carboxylic acids is 1. The normalized spacial score (nSPS) is 10.4. The van der Waals surface area contributed by atoms with E-state index in [1.54, 1.807) is 14.0 Å². The quantitative estimate of drug-likeness (QED) is 0.773. The van der Waals surface area contributed by atoms with Crippen LogP contribution in [0.25, 0.3) is 0 Å². The average Bonchev–Trinajstić information content (AvgIpc) is 2.27. The Kier molecular flexibility index (Phi) is 6.16. The summed E-state index contributed by atoms with van der Waals surface area (Å²) in [6.45, 7) is 5.10. The van der Waals surface area contributed by atoms with Crippen LogP contribution in [0.1, 0.15) is 30.9 Å². The molecular formula is C14H20ClNO2. The lowest BCUT2D eigenvalue weighted by atomic mass is 10.1. The van der Waals surface area contributed by atoms with Crippen LogP contribution in [-0.2, 0) is 11.3 Å². The van der Waals surface area contributed by atoms with Crippen LogP contribution in [0.3, 0.4) is 0 Å². The Bertz CT molecular complexity index is 419. The van der Waals surface area contributed by atoms with Crippen LogP contribution in [0, 0.1) is 6.92 Å². The standard InChI is InChI=1S/C14H20ClNO2/c1-10-7-13(15)8-12(14(10)18-3)9-16-6-4-5-11(2)17/h7-8,16H,4-6,9H2,1-3H3. The van der Waals surface area contributed by atoms with Crippen molar-refractivity contribution in [3.8, 4) is 5.75 Å². The Morgan fingerprint density at radius 2 is 2.17 bits per heavy atom. The maximum atomic E-state index is 10.8. The first-order chi connectivity index (χ1) is 8.54. The molecule has 0 aliphatic carbocycles. The summed E-state index contributed by atoms with van der Waals surface area (Å²) in [6, 6.07) is 3.80. The largest absolute Gasteiger partial charge is 0.496 e. The van der Waals surface area contributed by atoms with Crippen LogP contribution < -0.4 is 10.1 Å². The van der Waals surface area contributed by atoms with Crippen LogP contribution in [0.2, 0.25) is 5.02 Å². The van der Waals surface area contributed by atoms with Crippen LogP contribution in [0.5, 0.6) is 5.75 Å². The highest BCUT2D eigenvalue weighted by atomic mass is 35.5. The van der Waals surface area contributed by atoms with E-state index in [1.807, 2.05) is 19.1 Å². The number of methoxy groups -OCH3 is 1. The Balaban J connectivity index is 2.53. The fraction of sp³-hybridized carbons (Fsp3) is 0.500. The molecule has 0 spiro atoms. The Hall–Kier alpha value is -1.06. The molecule has 0 saturated heterocycles. The summed E-state index contributed by atoms with van der Waals surface area (Å²) in [5.41, 5.74) is 2.08. The molecule has 0 saturated carbocycles. The summed E-state index contributed by atoms with van der Waals surface area (Å²) < 4.78 is 5.37. The Labute approximate surface area is 113 Å². The van der Waals surface area contributed by atoms with E-state index < -0.39 is 0 Å². The van der Waals surface area contributed by atoms with E-state index in [9.17, 15) is 4.79 Å². The molecular weight excluding hydrogens is 250 g/mol. The van der Waals surface area contributed by atoms with Gasteiger partial charge >= 0.3 is 0 Å². The number of ether oxygens (including phenoxy) is 1. The van der Waals surface area contributed by atoms with Crippen molar-refractivity contribution >= 4 is 17.4 Å². The maximum Gasteiger partial charge on any atom is 0.129 e. The van der Waals surface area contributed by atoms with E-state index in [0.717, 1.165) is 29.8 Å². The van der Waals surface area contributed by atoms with Gasteiger partial charge in [-0.05, 0) is 44.5 Å². The molecule has 0 aromatic heterocycles. The van der Waals surface area contributed by atoms with Gasteiger partial charge in [0.05, 0.1) is 7.11 Å². The fourth-order valence-electron chi connectivity index (χ4n) is 1.91. The van der Waals surface area contributed by atoms with Gasteiger partial charge in [0, 0.05) is 23.6 Å². The number of benzene rings is 1. The first kappa shape index (κ1) is 15.0. The van der Waals surface area contributed by atoms with Crippen molar-refractivity contribution in [3.63, 3.8) is 0 Å². The number of carbonyl (C=O) groups is 1. The molecule has 1 aromatic rings. The molecule has 100 valence electrons. The topological polar surface area (TPSA) is 38.3 Å². The van der Waals surface area contributed by atoms with Crippen molar-refractivity contribution < 1.29 is 9.53 Å². The summed E-state index contributed by atoms with van der Waals surface area (Å²) in [5.74, 6) is 1.10. The van der Waals surface area contributed by atoms with Gasteiger partial charge in [-0.15, -0.1) is 0 Å². The van der Waals surface area contributed by atoms with Gasteiger partial charge in [-0.2, -0.15) is 0 Å². The summed E-state index contributed by atoms with van der Waals surface area (Å²) in [6.07, 6.45) is 1.48. The fourth-order valence-corrected chi connectivity index (χ4v) is 2.20. The number of hydrogen-bond acceptors (Lipinski definition) is 3. The molecule has 18 heavy (non-hydrogen) atoms. The van der Waals surface area contributed by atoms with E-state index >= 15 is 0 Å². The molecule has 0 aliphatic heterocycles. The third kappa shape index (κ3) is 4.67. The highest BCUT2D eigenvalue weighted by Gasteiger charge is 2.07. The van der Waals surface area contributed by atoms with Crippen molar-refractivity contribution in [2.75, 3.05) is 13.7 Å². The molecule has 0 aliphatic rings. The lowest BCUT2D eigenvalue weighted by Crippen LogP contribution is -2.16. The summed E-state index contributed by atoms with van der Waals surface area (Å²) in [7, 11) is 1.66. The van der Waals surface area contributed by atoms with Gasteiger partial charge in [0.1, 0.15) is 11.5 Å². The molecule has 0 atom stereocenters. The van der Waals surface area contributed by atoms with Crippen LogP contribution >= 0.6 is 11.6 Å². The minimum Gasteiger partial charge on any atom is -0.496 e. The monoisotopic (exact) mass is 269 g/mol. The van der Waals surface area contributed by atoms with Crippen molar-refractivity contribution in [3.05, 3.63) is 28.3 Å². The second-order valence-electron chi connectivity index (χ2n) is 4.40. The predicted octanol–water partition coefficient (Wildman–Crippen LogP) is 3.12. The van der Waals surface area contributed by atoms with E-state index in [0.29, 0.717) is 18.0 Å². The zero-order chi connectivity index (χ0) is 13.5. The molecule has 0 unspecified atom stereocenters. The smallest absolute Gasteiger partial charge is 0.129 e. The zero-order valence-corrected chi connectivity index (χ0v) is 11.9. The number of hydrogen-bond donors (Lipinski definition) is 1. The van der Waals surface area contributed by atoms with Crippen molar-refractivity contribution in [1.29, 1.82) is 0 Å². The third-order valence-electron chi connectivity index (χ3n) is 2.72. The first-order valence-corrected chi connectivity index (χ1v) is 6.45. The molecule has 0 fully saturated rings. The van der Waals surface area contributed by atoms with Gasteiger partial charge in [0.2, 0.25) is 0 Å². The molecule has 4 heteroatoms. The van der Waals surface area contributed by atoms with Crippen LogP contribution in [0.15, 0.2) is 12.1 Å². The van der Waals surface area contributed by atoms with Crippen molar-refractivity contribution in [2.24, 2.45) is 0 Å². The highest BCUT2D eigenvalue weighted by molar-refractivity contribution is 6.30. The number of nitrogens with one attached hydrogen (secondary N) is 1. The SMILES string of the molecule is COc1c(C)cc(Cl)cc1CNCCCC(C)=O. The lowest BCUT2D eigenvalue weighted by molar-refractivity contribution is -0.117. The average molecular weight is 270 g/mol. The molecule has 0 amide bonds. The first-order valence-electron chi connectivity index (χ1n) is 6.07. The second kappa shape index (κ2) is 7.39. The summed E-state index contributed by atoms with van der Waals surface area (Å²) >= 11 is 6.03. The highest BCUT2D eigenvalue weighted by Crippen LogP contribution is 2.27. The van der Waals surface area contributed by atoms with Crippen LogP contribution in [-0.4, -0.2) is 19.4 Å². The van der Waals surface area contributed by atoms with E-state index in [1.165, 1.54) is 0 Å². The van der Waals surface area contributed by atoms with Crippen molar-refractivity contribution in [2.45, 2.75) is 33.2 Å². The number of aryl methyl sites for hydroxylation is 1. The summed E-state index contributed by atoms with van der Waals surface area (Å²) in [4.78, 5) is 10.8. The molecule has 1 rings (SSSR count). The van der Waals surface area contributed by atoms with E-state index in [2.05, 4.69) is 5.32 Å².